The molecule has 0 spiro atoms. The molecule has 0 fully saturated rings. The number of nitrogens with zero attached hydrogens (tertiary/aromatic N) is 1. The third kappa shape index (κ3) is 4.41. The number of benzene rings is 1. The second-order valence-electron chi connectivity index (χ2n) is 4.63. The van der Waals surface area contributed by atoms with Gasteiger partial charge in [-0.1, -0.05) is 6.07 Å². The van der Waals surface area contributed by atoms with Crippen LogP contribution in [0, 0.1) is 5.82 Å². The van der Waals surface area contributed by atoms with Gasteiger partial charge in [-0.2, -0.15) is 4.31 Å². The van der Waals surface area contributed by atoms with Crippen molar-refractivity contribution in [3.8, 4) is 0 Å². The molecule has 0 aromatic heterocycles. The van der Waals surface area contributed by atoms with Gasteiger partial charge in [-0.25, -0.2) is 12.8 Å². The number of hydrogen-bond donors (Lipinski definition) is 0. The third-order valence-corrected chi connectivity index (χ3v) is 4.95. The second-order valence-corrected chi connectivity index (χ2v) is 6.91. The summed E-state index contributed by atoms with van der Waals surface area (Å²) < 4.78 is 44.5. The van der Waals surface area contributed by atoms with Crippen molar-refractivity contribution in [1.82, 2.24) is 4.31 Å². The average molecular weight is 324 g/mol. The van der Waals surface area contributed by atoms with Gasteiger partial charge in [-0.05, 0) is 31.5 Å². The highest BCUT2D eigenvalue weighted by Crippen LogP contribution is 2.22. The van der Waals surface area contributed by atoms with Gasteiger partial charge in [0, 0.05) is 19.5 Å². The van der Waals surface area contributed by atoms with Gasteiger partial charge >= 0.3 is 0 Å². The van der Waals surface area contributed by atoms with Crippen molar-refractivity contribution in [3.05, 3.63) is 29.6 Å². The number of rotatable bonds is 7. The van der Waals surface area contributed by atoms with Crippen molar-refractivity contribution < 1.29 is 17.5 Å². The fraction of sp³-hybridized carbons (Fsp3) is 0.538. The molecule has 1 aromatic carbocycles. The highest BCUT2D eigenvalue weighted by Gasteiger charge is 2.24. The highest BCUT2D eigenvalue weighted by molar-refractivity contribution is 7.89. The maximum atomic E-state index is 13.3. The van der Waals surface area contributed by atoms with Gasteiger partial charge in [0.05, 0.1) is 17.6 Å². The lowest BCUT2D eigenvalue weighted by molar-refractivity contribution is 0.0737. The van der Waals surface area contributed by atoms with E-state index in [2.05, 4.69) is 0 Å². The van der Waals surface area contributed by atoms with E-state index >= 15 is 0 Å². The smallest absolute Gasteiger partial charge is 0.243 e. The monoisotopic (exact) mass is 323 g/mol. The van der Waals surface area contributed by atoms with Crippen molar-refractivity contribution in [3.63, 3.8) is 0 Å². The first-order valence-electron chi connectivity index (χ1n) is 6.21. The molecule has 1 rings (SSSR count). The summed E-state index contributed by atoms with van der Waals surface area (Å²) in [5, 5.41) is 0. The highest BCUT2D eigenvalue weighted by atomic mass is 35.5. The lowest BCUT2D eigenvalue weighted by Gasteiger charge is -2.19. The molecule has 0 N–H and O–H groups in total. The van der Waals surface area contributed by atoms with Crippen LogP contribution in [0.5, 0.6) is 0 Å². The quantitative estimate of drug-likeness (QED) is 0.725. The van der Waals surface area contributed by atoms with Crippen LogP contribution in [0.2, 0.25) is 0 Å². The number of ether oxygens (including phenoxy) is 1. The Hall–Kier alpha value is -0.690. The van der Waals surface area contributed by atoms with E-state index in [9.17, 15) is 12.8 Å². The van der Waals surface area contributed by atoms with Gasteiger partial charge in [0.15, 0.2) is 0 Å². The van der Waals surface area contributed by atoms with E-state index in [4.69, 9.17) is 16.3 Å². The van der Waals surface area contributed by atoms with E-state index in [0.29, 0.717) is 5.56 Å². The van der Waals surface area contributed by atoms with Gasteiger partial charge < -0.3 is 4.74 Å². The molecule has 0 atom stereocenters. The minimum absolute atomic E-state index is 0.00514. The molecule has 0 saturated carbocycles. The molecule has 7 heteroatoms. The Balaban J connectivity index is 2.95. The van der Waals surface area contributed by atoms with Crippen LogP contribution in [0.15, 0.2) is 23.1 Å². The van der Waals surface area contributed by atoms with Crippen molar-refractivity contribution in [2.24, 2.45) is 0 Å². The zero-order valence-corrected chi connectivity index (χ0v) is 13.3. The van der Waals surface area contributed by atoms with E-state index < -0.39 is 15.8 Å². The van der Waals surface area contributed by atoms with Crippen molar-refractivity contribution >= 4 is 21.6 Å². The molecule has 4 nitrogen and oxygen atoms in total. The van der Waals surface area contributed by atoms with Crippen molar-refractivity contribution in [1.29, 1.82) is 0 Å². The summed E-state index contributed by atoms with van der Waals surface area (Å²) in [6.07, 6.45) is 0.0266. The van der Waals surface area contributed by atoms with Crippen molar-refractivity contribution in [2.75, 3.05) is 20.2 Å². The van der Waals surface area contributed by atoms with Crippen LogP contribution >= 0.6 is 11.6 Å². The Morgan fingerprint density at radius 2 is 2.05 bits per heavy atom. The SMILES string of the molecule is CC(C)OCCN(C)S(=O)(=O)c1cc(F)ccc1CCl. The number of halogens is 2. The first kappa shape index (κ1) is 17.4. The number of likely N-dealkylation sites (N-methyl/N-ethyl adjacent to an activating group) is 1. The fourth-order valence-corrected chi connectivity index (χ4v) is 3.28. The average Bonchev–Trinajstić information content (AvgIpc) is 2.38. The standard InChI is InChI=1S/C13H19ClFNO3S/c1-10(2)19-7-6-16(3)20(17,18)13-8-12(15)5-4-11(13)9-14/h4-5,8,10H,6-7,9H2,1-3H3. The Morgan fingerprint density at radius 3 is 2.60 bits per heavy atom. The lowest BCUT2D eigenvalue weighted by Crippen LogP contribution is -2.31. The molecule has 0 radical (unpaired) electrons. The molecule has 0 aliphatic heterocycles. The Morgan fingerprint density at radius 1 is 1.40 bits per heavy atom. The topological polar surface area (TPSA) is 46.6 Å². The molecule has 0 bridgehead atoms. The summed E-state index contributed by atoms with van der Waals surface area (Å²) in [5.74, 6) is -0.602. The lowest BCUT2D eigenvalue weighted by atomic mass is 10.2. The van der Waals surface area contributed by atoms with Crippen LogP contribution in [0.3, 0.4) is 0 Å². The van der Waals surface area contributed by atoms with Crippen LogP contribution < -0.4 is 0 Å². The van der Waals surface area contributed by atoms with Crippen LogP contribution in [-0.4, -0.2) is 39.0 Å². The van der Waals surface area contributed by atoms with E-state index in [0.717, 1.165) is 10.4 Å². The maximum absolute atomic E-state index is 13.3. The van der Waals surface area contributed by atoms with Crippen LogP contribution in [0.4, 0.5) is 4.39 Å². The van der Waals surface area contributed by atoms with Crippen LogP contribution in [0.1, 0.15) is 19.4 Å². The van der Waals surface area contributed by atoms with Gasteiger partial charge in [0.1, 0.15) is 5.82 Å². The number of sulfonamides is 1. The predicted molar refractivity (Wildman–Crippen MR) is 76.9 cm³/mol. The number of hydrogen-bond acceptors (Lipinski definition) is 3. The summed E-state index contributed by atoms with van der Waals surface area (Å²) >= 11 is 5.71. The minimum atomic E-state index is -3.77. The largest absolute Gasteiger partial charge is 0.377 e. The number of alkyl halides is 1. The van der Waals surface area contributed by atoms with Crippen LogP contribution in [-0.2, 0) is 20.6 Å². The molecule has 1 aromatic rings. The molecular formula is C13H19ClFNO3S. The first-order valence-corrected chi connectivity index (χ1v) is 8.18. The second kappa shape index (κ2) is 7.36. The molecule has 0 amide bonds. The summed E-state index contributed by atoms with van der Waals surface area (Å²) in [7, 11) is -2.34. The summed E-state index contributed by atoms with van der Waals surface area (Å²) in [4.78, 5) is -0.0976. The van der Waals surface area contributed by atoms with Gasteiger partial charge in [0.2, 0.25) is 10.0 Å². The van der Waals surface area contributed by atoms with E-state index in [1.165, 1.54) is 19.2 Å². The van der Waals surface area contributed by atoms with Crippen molar-refractivity contribution in [2.45, 2.75) is 30.7 Å². The molecule has 114 valence electrons. The van der Waals surface area contributed by atoms with Gasteiger partial charge in [-0.3, -0.25) is 0 Å². The zero-order chi connectivity index (χ0) is 15.3. The van der Waals surface area contributed by atoms with E-state index in [-0.39, 0.29) is 30.0 Å². The Labute approximate surface area is 124 Å². The summed E-state index contributed by atoms with van der Waals surface area (Å²) in [6, 6.07) is 3.57. The normalized spacial score (nSPS) is 12.3. The molecular weight excluding hydrogens is 305 g/mol. The molecule has 0 aliphatic rings. The van der Waals surface area contributed by atoms with Crippen LogP contribution in [0.25, 0.3) is 0 Å². The van der Waals surface area contributed by atoms with Gasteiger partial charge in [-0.15, -0.1) is 11.6 Å². The van der Waals surface area contributed by atoms with E-state index in [1.54, 1.807) is 0 Å². The molecule has 0 heterocycles. The zero-order valence-electron chi connectivity index (χ0n) is 11.8. The molecule has 0 aliphatic carbocycles. The Kier molecular flexibility index (Phi) is 6.39. The summed E-state index contributed by atoms with van der Waals surface area (Å²) in [5.41, 5.74) is 0.379. The predicted octanol–water partition coefficient (Wildman–Crippen LogP) is 2.61. The fourth-order valence-electron chi connectivity index (χ4n) is 1.58. The van der Waals surface area contributed by atoms with E-state index in [1.807, 2.05) is 13.8 Å². The third-order valence-electron chi connectivity index (χ3n) is 2.72. The molecule has 0 unspecified atom stereocenters. The van der Waals surface area contributed by atoms with Gasteiger partial charge in [0.25, 0.3) is 0 Å². The maximum Gasteiger partial charge on any atom is 0.243 e. The minimum Gasteiger partial charge on any atom is -0.377 e. The molecule has 0 saturated heterocycles. The first-order chi connectivity index (χ1) is 9.28. The summed E-state index contributed by atoms with van der Waals surface area (Å²) in [6.45, 7) is 4.21. The molecule has 20 heavy (non-hydrogen) atoms. The Bertz CT molecular complexity index is 549.